The highest BCUT2D eigenvalue weighted by Crippen LogP contribution is 1.69. The van der Waals surface area contributed by atoms with Crippen LogP contribution in [0.25, 0.3) is 0 Å². The lowest BCUT2D eigenvalue weighted by molar-refractivity contribution is 2.07. The van der Waals surface area contributed by atoms with Gasteiger partial charge in [-0.2, -0.15) is 0 Å². The van der Waals surface area contributed by atoms with Gasteiger partial charge in [0, 0.05) is 0 Å². The van der Waals surface area contributed by atoms with E-state index in [0.29, 0.717) is 0 Å². The Morgan fingerprint density at radius 3 is 1.60 bits per heavy atom. The van der Waals surface area contributed by atoms with Gasteiger partial charge in [0.05, 0.1) is 0 Å². The van der Waals surface area contributed by atoms with Gasteiger partial charge < -0.3 is 0 Å². The van der Waals surface area contributed by atoms with E-state index < -0.39 is 0 Å². The molecule has 0 fully saturated rings. The first-order valence-electron chi connectivity index (χ1n) is 1.94. The highest BCUT2D eigenvalue weighted by Gasteiger charge is 1.87. The monoisotopic (exact) mass is 84.1 g/mol. The minimum atomic E-state index is 0.912. The van der Waals surface area contributed by atoms with E-state index in [9.17, 15) is 0 Å². The molecule has 0 nitrogen and oxygen atoms in total. The Balaban J connectivity index is 2.54. The normalized spacial score (nSPS) is 7.80. The summed E-state index contributed by atoms with van der Waals surface area (Å²) in [5.74, 6) is 0. The minimum Gasteiger partial charge on any atom is -0.0888 e. The van der Waals surface area contributed by atoms with Gasteiger partial charge in [-0.25, -0.2) is 0 Å². The molecule has 0 aliphatic rings. The third kappa shape index (κ3) is 4.28. The average Bonchev–Trinajstić information content (AvgIpc) is 1.38. The lowest BCUT2D eigenvalue weighted by atomic mass is 9.84. The first-order chi connectivity index (χ1) is 2.27. The fourth-order valence-electron chi connectivity index (χ4n) is 0. The van der Waals surface area contributed by atoms with Crippen LogP contribution < -0.4 is 0 Å². The Kier molecular flexibility index (Phi) is 2.66. The van der Waals surface area contributed by atoms with Gasteiger partial charge in [-0.1, -0.05) is 20.2 Å². The van der Waals surface area contributed by atoms with E-state index in [-0.39, 0.29) is 0 Å². The summed E-state index contributed by atoms with van der Waals surface area (Å²) in [6.45, 7) is 6.70. The lowest BCUT2D eigenvalue weighted by Gasteiger charge is -1.83. The van der Waals surface area contributed by atoms with Crippen molar-refractivity contribution in [3.63, 3.8) is 0 Å². The Morgan fingerprint density at radius 1 is 1.40 bits per heavy atom. The maximum Gasteiger partial charge on any atom is 0.121 e. The second kappa shape index (κ2) is 2.52. The lowest BCUT2D eigenvalue weighted by Crippen LogP contribution is -2.06. The molecule has 0 saturated heterocycles. The van der Waals surface area contributed by atoms with Crippen molar-refractivity contribution in [3.05, 3.63) is 0 Å². The molecule has 0 aromatic rings. The van der Waals surface area contributed by atoms with E-state index in [0.717, 1.165) is 15.7 Å². The van der Waals surface area contributed by atoms with Crippen LogP contribution in [0.4, 0.5) is 0 Å². The Morgan fingerprint density at radius 2 is 1.60 bits per heavy atom. The SMILES string of the molecule is C[Si]B(C)C. The highest BCUT2D eigenvalue weighted by molar-refractivity contribution is 7.10. The third-order valence-electron chi connectivity index (χ3n) is 0.577. The fraction of sp³-hybridized carbons (Fsp3) is 1.00. The molecular formula is C3H9BSi. The van der Waals surface area contributed by atoms with Gasteiger partial charge in [0.2, 0.25) is 0 Å². The van der Waals surface area contributed by atoms with Gasteiger partial charge in [0.25, 0.3) is 0 Å². The maximum absolute atomic E-state index is 2.23. The summed E-state index contributed by atoms with van der Waals surface area (Å²) in [5.41, 5.74) is 0. The number of hydrogen-bond acceptors (Lipinski definition) is 0. The fourth-order valence-corrected chi connectivity index (χ4v) is 0. The van der Waals surface area contributed by atoms with E-state index >= 15 is 0 Å². The van der Waals surface area contributed by atoms with Crippen LogP contribution in [0.1, 0.15) is 0 Å². The third-order valence-corrected chi connectivity index (χ3v) is 1.73. The molecule has 0 heterocycles. The molecular weight excluding hydrogens is 74.9 g/mol. The molecule has 0 aliphatic carbocycles. The van der Waals surface area contributed by atoms with Crippen molar-refractivity contribution in [2.75, 3.05) is 0 Å². The van der Waals surface area contributed by atoms with Crippen LogP contribution in [-0.4, -0.2) is 15.7 Å². The van der Waals surface area contributed by atoms with Crippen molar-refractivity contribution in [3.8, 4) is 0 Å². The molecule has 0 bridgehead atoms. The molecule has 0 rings (SSSR count). The van der Waals surface area contributed by atoms with Crippen molar-refractivity contribution in [2.24, 2.45) is 0 Å². The summed E-state index contributed by atoms with van der Waals surface area (Å²) < 4.78 is 0. The van der Waals surface area contributed by atoms with Gasteiger partial charge in [-0.15, -0.1) is 0 Å². The van der Waals surface area contributed by atoms with Crippen LogP contribution in [0.2, 0.25) is 20.2 Å². The summed E-state index contributed by atoms with van der Waals surface area (Å²) in [7, 11) is 1.11. The van der Waals surface area contributed by atoms with E-state index in [4.69, 9.17) is 0 Å². The molecule has 0 spiro atoms. The zero-order valence-corrected chi connectivity index (χ0v) is 5.08. The van der Waals surface area contributed by atoms with Gasteiger partial charge in [0.15, 0.2) is 0 Å². The molecule has 0 N–H and O–H groups in total. The average molecular weight is 84.0 g/mol. The van der Waals surface area contributed by atoms with E-state index in [1.54, 1.807) is 0 Å². The predicted octanol–water partition coefficient (Wildman–Crippen LogP) is 0.990. The van der Waals surface area contributed by atoms with Crippen LogP contribution in [0.3, 0.4) is 0 Å². The molecule has 0 atom stereocenters. The summed E-state index contributed by atoms with van der Waals surface area (Å²) in [4.78, 5) is 0. The maximum atomic E-state index is 2.23. The van der Waals surface area contributed by atoms with Crippen LogP contribution in [-0.2, 0) is 0 Å². The van der Waals surface area contributed by atoms with Crippen molar-refractivity contribution >= 4 is 15.7 Å². The highest BCUT2D eigenvalue weighted by atomic mass is 28.2. The summed E-state index contributed by atoms with van der Waals surface area (Å²) in [6, 6.07) is 0. The van der Waals surface area contributed by atoms with Crippen molar-refractivity contribution in [2.45, 2.75) is 20.2 Å². The zero-order valence-electron chi connectivity index (χ0n) is 4.08. The van der Waals surface area contributed by atoms with Crippen LogP contribution in [0.15, 0.2) is 0 Å². The molecule has 5 heavy (non-hydrogen) atoms. The molecule has 2 radical (unpaired) electrons. The summed E-state index contributed by atoms with van der Waals surface area (Å²) in [5, 5.41) is 0. The Hall–Kier alpha value is 0.282. The van der Waals surface area contributed by atoms with Crippen LogP contribution in [0.5, 0.6) is 0 Å². The Bertz CT molecular complexity index is 20.9. The smallest absolute Gasteiger partial charge is 0.0888 e. The van der Waals surface area contributed by atoms with Crippen LogP contribution >= 0.6 is 0 Å². The van der Waals surface area contributed by atoms with E-state index in [1.165, 1.54) is 0 Å². The van der Waals surface area contributed by atoms with Gasteiger partial charge in [-0.3, -0.25) is 0 Å². The molecule has 0 amide bonds. The van der Waals surface area contributed by atoms with Crippen molar-refractivity contribution in [1.82, 2.24) is 0 Å². The quantitative estimate of drug-likeness (QED) is 0.415. The molecule has 2 heteroatoms. The standard InChI is InChI=1S/C3H9BSi/c1-4(2)5-3/h1-3H3. The molecule has 0 aliphatic heterocycles. The number of hydrogen-bond donors (Lipinski definition) is 0. The van der Waals surface area contributed by atoms with Gasteiger partial charge >= 0.3 is 0 Å². The molecule has 0 unspecified atom stereocenters. The first kappa shape index (κ1) is 5.28. The molecule has 0 aromatic carbocycles. The topological polar surface area (TPSA) is 0 Å². The molecule has 0 saturated carbocycles. The minimum absolute atomic E-state index is 0.912. The first-order valence-corrected chi connectivity index (χ1v) is 3.52. The van der Waals surface area contributed by atoms with Gasteiger partial charge in [-0.05, 0) is 9.39 Å². The molecule has 0 aromatic heterocycles. The second-order valence-electron chi connectivity index (χ2n) is 1.44. The zero-order chi connectivity index (χ0) is 4.28. The van der Waals surface area contributed by atoms with E-state index in [1.807, 2.05) is 0 Å². The largest absolute Gasteiger partial charge is 0.121 e. The van der Waals surface area contributed by atoms with Gasteiger partial charge in [0.1, 0.15) is 6.31 Å². The summed E-state index contributed by atoms with van der Waals surface area (Å²) >= 11 is 0. The molecule has 28 valence electrons. The van der Waals surface area contributed by atoms with Crippen LogP contribution in [0, 0.1) is 0 Å². The van der Waals surface area contributed by atoms with Crippen molar-refractivity contribution < 1.29 is 0 Å². The number of rotatable bonds is 1. The van der Waals surface area contributed by atoms with Crippen molar-refractivity contribution in [1.29, 1.82) is 0 Å². The predicted molar refractivity (Wildman–Crippen MR) is 29.1 cm³/mol. The summed E-state index contributed by atoms with van der Waals surface area (Å²) in [6.07, 6.45) is 0.912. The second-order valence-corrected chi connectivity index (χ2v) is 3.18. The Labute approximate surface area is 36.8 Å². The van der Waals surface area contributed by atoms with E-state index in [2.05, 4.69) is 20.2 Å².